The quantitative estimate of drug-likeness (QED) is 0.303. The number of hydrogen-bond donors (Lipinski definition) is 0. The summed E-state index contributed by atoms with van der Waals surface area (Å²) in [6.07, 6.45) is 0.999. The molecule has 0 saturated heterocycles. The molecular weight excluding hydrogens is 444 g/mol. The highest BCUT2D eigenvalue weighted by atomic mass is 32.1. The van der Waals surface area contributed by atoms with E-state index in [0.29, 0.717) is 11.6 Å². The average molecular weight is 473 g/mol. The summed E-state index contributed by atoms with van der Waals surface area (Å²) in [5.74, 6) is 1.35. The van der Waals surface area contributed by atoms with E-state index in [4.69, 9.17) is 9.41 Å². The first-order valence-electron chi connectivity index (χ1n) is 11.5. The minimum atomic E-state index is -0.125. The Morgan fingerprint density at radius 1 is 1.06 bits per heavy atom. The highest BCUT2D eigenvalue weighted by Gasteiger charge is 2.18. The van der Waals surface area contributed by atoms with Gasteiger partial charge in [0, 0.05) is 24.4 Å². The number of fused-ring (bicyclic) bond motifs is 1. The predicted molar refractivity (Wildman–Crippen MR) is 138 cm³/mol. The summed E-state index contributed by atoms with van der Waals surface area (Å²) in [7, 11) is 1.89. The highest BCUT2D eigenvalue weighted by Crippen LogP contribution is 2.29. The number of thiazole rings is 1. The Bertz CT molecular complexity index is 1550. The lowest BCUT2D eigenvalue weighted by molar-refractivity contribution is 0.508. The van der Waals surface area contributed by atoms with Gasteiger partial charge in [-0.3, -0.25) is 9.48 Å². The number of hydrogen-bond acceptors (Lipinski definition) is 4. The van der Waals surface area contributed by atoms with Gasteiger partial charge in [0.2, 0.25) is 0 Å². The molecule has 0 aliphatic carbocycles. The Labute approximate surface area is 202 Å². The van der Waals surface area contributed by atoms with E-state index in [1.165, 1.54) is 11.3 Å². The standard InChI is InChI=1S/C27H28N4O2S/c1-18(2)14-15-30-22(24-16-20-10-8-9-13-23(20)33-24)17-34-27(30)28-25-19(3)29(4)31(26(25)32)21-11-6-5-7-12-21/h5-13,16-18H,14-15H2,1-4H3. The molecule has 6 nitrogen and oxygen atoms in total. The van der Waals surface area contributed by atoms with Gasteiger partial charge in [0.05, 0.1) is 17.1 Å². The first kappa shape index (κ1) is 22.2. The van der Waals surface area contributed by atoms with Crippen molar-refractivity contribution < 1.29 is 4.42 Å². The molecule has 3 heterocycles. The number of furan rings is 1. The summed E-state index contributed by atoms with van der Waals surface area (Å²) in [4.78, 5) is 19.1. The third-order valence-electron chi connectivity index (χ3n) is 6.14. The van der Waals surface area contributed by atoms with Crippen molar-refractivity contribution >= 4 is 28.0 Å². The van der Waals surface area contributed by atoms with E-state index in [1.807, 2.05) is 67.2 Å². The van der Waals surface area contributed by atoms with Crippen molar-refractivity contribution in [3.63, 3.8) is 0 Å². The van der Waals surface area contributed by atoms with E-state index < -0.39 is 0 Å². The predicted octanol–water partition coefficient (Wildman–Crippen LogP) is 6.04. The first-order chi connectivity index (χ1) is 16.4. The van der Waals surface area contributed by atoms with Crippen LogP contribution in [0.2, 0.25) is 0 Å². The molecule has 7 heteroatoms. The molecule has 0 fully saturated rings. The molecule has 0 amide bonds. The van der Waals surface area contributed by atoms with Crippen LogP contribution in [0, 0.1) is 12.8 Å². The lowest BCUT2D eigenvalue weighted by Crippen LogP contribution is -2.20. The zero-order valence-electron chi connectivity index (χ0n) is 19.9. The minimum absolute atomic E-state index is 0.125. The summed E-state index contributed by atoms with van der Waals surface area (Å²) in [5.41, 5.74) is 3.83. The molecular formula is C27H28N4O2S. The van der Waals surface area contributed by atoms with Crippen LogP contribution in [-0.4, -0.2) is 13.9 Å². The van der Waals surface area contributed by atoms with Gasteiger partial charge in [-0.05, 0) is 43.5 Å². The van der Waals surface area contributed by atoms with Gasteiger partial charge in [0.15, 0.2) is 16.2 Å². The molecule has 0 N–H and O–H groups in total. The number of benzene rings is 2. The molecule has 2 aromatic carbocycles. The smallest absolute Gasteiger partial charge is 0.297 e. The van der Waals surface area contributed by atoms with Crippen molar-refractivity contribution in [3.05, 3.63) is 86.9 Å². The number of para-hydroxylation sites is 2. The molecule has 0 aliphatic heterocycles. The monoisotopic (exact) mass is 472 g/mol. The van der Waals surface area contributed by atoms with Crippen molar-refractivity contribution in [2.45, 2.75) is 33.7 Å². The fourth-order valence-corrected chi connectivity index (χ4v) is 5.03. The molecule has 0 bridgehead atoms. The summed E-state index contributed by atoms with van der Waals surface area (Å²) in [6.45, 7) is 7.16. The van der Waals surface area contributed by atoms with E-state index in [0.717, 1.165) is 51.6 Å². The minimum Gasteiger partial charge on any atom is -0.454 e. The maximum atomic E-state index is 13.4. The Balaban J connectivity index is 1.67. The SMILES string of the molecule is Cc1c(N=c2scc(-c3cc4ccccc4o3)n2CCC(C)C)c(=O)n(-c2ccccc2)n1C. The number of nitrogens with zero attached hydrogens (tertiary/aromatic N) is 4. The maximum Gasteiger partial charge on any atom is 0.297 e. The van der Waals surface area contributed by atoms with Gasteiger partial charge in [-0.15, -0.1) is 11.3 Å². The van der Waals surface area contributed by atoms with E-state index >= 15 is 0 Å². The summed E-state index contributed by atoms with van der Waals surface area (Å²) < 4.78 is 11.9. The second-order valence-corrected chi connectivity index (χ2v) is 9.74. The molecule has 0 unspecified atom stereocenters. The second-order valence-electron chi connectivity index (χ2n) is 8.91. The molecule has 0 aliphatic rings. The van der Waals surface area contributed by atoms with E-state index in [9.17, 15) is 4.79 Å². The third kappa shape index (κ3) is 3.96. The van der Waals surface area contributed by atoms with Gasteiger partial charge in [-0.1, -0.05) is 50.2 Å². The van der Waals surface area contributed by atoms with Crippen LogP contribution < -0.4 is 10.4 Å². The molecule has 0 saturated carbocycles. The zero-order chi connectivity index (χ0) is 23.8. The van der Waals surface area contributed by atoms with Crippen LogP contribution in [0.4, 0.5) is 5.69 Å². The Morgan fingerprint density at radius 3 is 2.53 bits per heavy atom. The van der Waals surface area contributed by atoms with Crippen LogP contribution in [0.5, 0.6) is 0 Å². The summed E-state index contributed by atoms with van der Waals surface area (Å²) in [5, 5.41) is 3.15. The number of rotatable bonds is 6. The van der Waals surface area contributed by atoms with Crippen LogP contribution in [0.1, 0.15) is 26.0 Å². The fraction of sp³-hybridized carbons (Fsp3) is 0.259. The Kier molecular flexibility index (Phi) is 5.87. The fourth-order valence-electron chi connectivity index (χ4n) is 4.11. The van der Waals surface area contributed by atoms with E-state index in [1.54, 1.807) is 4.68 Å². The topological polar surface area (TPSA) is 57.4 Å². The molecule has 174 valence electrons. The van der Waals surface area contributed by atoms with Crippen molar-refractivity contribution in [3.8, 4) is 17.1 Å². The van der Waals surface area contributed by atoms with Gasteiger partial charge in [0.25, 0.3) is 5.56 Å². The highest BCUT2D eigenvalue weighted by molar-refractivity contribution is 7.07. The van der Waals surface area contributed by atoms with Crippen molar-refractivity contribution in [2.75, 3.05) is 0 Å². The zero-order valence-corrected chi connectivity index (χ0v) is 20.7. The van der Waals surface area contributed by atoms with Crippen LogP contribution in [-0.2, 0) is 13.6 Å². The normalized spacial score (nSPS) is 12.3. The Hall–Kier alpha value is -3.58. The van der Waals surface area contributed by atoms with Gasteiger partial charge in [0.1, 0.15) is 5.58 Å². The average Bonchev–Trinajstić information content (AvgIpc) is 3.49. The van der Waals surface area contributed by atoms with E-state index in [-0.39, 0.29) is 5.56 Å². The van der Waals surface area contributed by atoms with Gasteiger partial charge in [-0.2, -0.15) is 0 Å². The molecule has 0 spiro atoms. The molecule has 34 heavy (non-hydrogen) atoms. The van der Waals surface area contributed by atoms with Gasteiger partial charge in [-0.25, -0.2) is 9.67 Å². The second kappa shape index (κ2) is 8.99. The van der Waals surface area contributed by atoms with Crippen LogP contribution >= 0.6 is 11.3 Å². The Morgan fingerprint density at radius 2 is 1.79 bits per heavy atom. The van der Waals surface area contributed by atoms with Crippen LogP contribution in [0.25, 0.3) is 28.1 Å². The third-order valence-corrected chi connectivity index (χ3v) is 7.00. The largest absolute Gasteiger partial charge is 0.454 e. The molecule has 5 rings (SSSR count). The summed E-state index contributed by atoms with van der Waals surface area (Å²) >= 11 is 1.53. The van der Waals surface area contributed by atoms with Gasteiger partial charge < -0.3 is 8.98 Å². The number of aromatic nitrogens is 3. The maximum absolute atomic E-state index is 13.4. The first-order valence-corrected chi connectivity index (χ1v) is 12.4. The molecule has 0 radical (unpaired) electrons. The van der Waals surface area contributed by atoms with E-state index in [2.05, 4.69) is 35.9 Å². The lowest BCUT2D eigenvalue weighted by atomic mass is 10.1. The molecule has 3 aromatic heterocycles. The van der Waals surface area contributed by atoms with Crippen LogP contribution in [0.3, 0.4) is 0 Å². The van der Waals surface area contributed by atoms with Crippen molar-refractivity contribution in [2.24, 2.45) is 18.0 Å². The van der Waals surface area contributed by atoms with Gasteiger partial charge >= 0.3 is 0 Å². The van der Waals surface area contributed by atoms with Crippen molar-refractivity contribution in [1.82, 2.24) is 13.9 Å². The van der Waals surface area contributed by atoms with Crippen molar-refractivity contribution in [1.29, 1.82) is 0 Å². The molecule has 5 aromatic rings. The summed E-state index contributed by atoms with van der Waals surface area (Å²) in [6, 6.07) is 19.8. The molecule has 0 atom stereocenters. The van der Waals surface area contributed by atoms with Crippen LogP contribution in [0.15, 0.2) is 80.2 Å². The lowest BCUT2D eigenvalue weighted by Gasteiger charge is -2.09.